The fraction of sp³-hybridized carbons (Fsp3) is 1.00. The average molecular weight is 1110 g/mol. The predicted molar refractivity (Wildman–Crippen MR) is 357 cm³/mol. The molecular formula is C79H152. The van der Waals surface area contributed by atoms with E-state index < -0.39 is 6.37 Å². The molecule has 0 aliphatic heterocycles. The Morgan fingerprint density at radius 3 is 0.911 bits per heavy atom. The first-order valence-electron chi connectivity index (χ1n) is 37.6. The molecule has 0 heteroatoms. The van der Waals surface area contributed by atoms with Crippen molar-refractivity contribution < 1.29 is 4.11 Å². The van der Waals surface area contributed by atoms with Gasteiger partial charge < -0.3 is 0 Å². The summed E-state index contributed by atoms with van der Waals surface area (Å²) in [5.74, 6) is 7.38. The molecule has 0 heterocycles. The molecule has 0 atom stereocenters. The molecule has 79 heavy (non-hydrogen) atoms. The third-order valence-electron chi connectivity index (χ3n) is 23.7. The zero-order chi connectivity index (χ0) is 61.7. The highest BCUT2D eigenvalue weighted by Gasteiger charge is 2.50. The van der Waals surface area contributed by atoms with E-state index in [0.717, 1.165) is 63.1 Å². The van der Waals surface area contributed by atoms with Gasteiger partial charge in [-0.1, -0.05) is 242 Å². The highest BCUT2D eigenvalue weighted by molar-refractivity contribution is 5.01. The van der Waals surface area contributed by atoms with Crippen LogP contribution in [0, 0.1) is 102 Å². The van der Waals surface area contributed by atoms with Gasteiger partial charge in [-0.15, -0.1) is 0 Å². The van der Waals surface area contributed by atoms with Crippen LogP contribution in [0.2, 0.25) is 0 Å². The number of hydrogen-bond acceptors (Lipinski definition) is 0. The van der Waals surface area contributed by atoms with Gasteiger partial charge in [-0.2, -0.15) is 0 Å². The minimum Gasteiger partial charge on any atom is -0.0651 e. The average Bonchev–Trinajstić information content (AvgIpc) is 3.82. The Morgan fingerprint density at radius 2 is 0.646 bits per heavy atom. The van der Waals surface area contributed by atoms with Gasteiger partial charge in [0.05, 0.1) is 0 Å². The maximum Gasteiger partial charge on any atom is 0.0294 e. The first-order chi connectivity index (χ1) is 37.6. The van der Waals surface area contributed by atoms with E-state index in [1.165, 1.54) is 161 Å². The van der Waals surface area contributed by atoms with Gasteiger partial charge in [0.2, 0.25) is 0 Å². The van der Waals surface area contributed by atoms with Crippen LogP contribution in [0.4, 0.5) is 0 Å². The van der Waals surface area contributed by atoms with Gasteiger partial charge in [0.25, 0.3) is 0 Å². The van der Waals surface area contributed by atoms with E-state index in [2.05, 4.69) is 104 Å². The summed E-state index contributed by atoms with van der Waals surface area (Å²) in [6.45, 7) is 46.7. The first-order valence-corrected chi connectivity index (χ1v) is 36.1. The van der Waals surface area contributed by atoms with E-state index >= 15 is 0 Å². The predicted octanol–water partition coefficient (Wildman–Crippen LogP) is 27.5. The molecule has 12 aliphatic rings. The summed E-state index contributed by atoms with van der Waals surface area (Å²) in [4.78, 5) is 0. The molecule has 0 saturated heterocycles. The summed E-state index contributed by atoms with van der Waals surface area (Å²) < 4.78 is 21.0. The normalized spacial score (nSPS) is 32.6. The summed E-state index contributed by atoms with van der Waals surface area (Å²) in [7, 11) is 0. The molecular weight excluding hydrogens is 949 g/mol. The van der Waals surface area contributed by atoms with Gasteiger partial charge in [-0.25, -0.2) is 0 Å². The molecule has 12 aliphatic carbocycles. The number of rotatable bonds is 2. The fourth-order valence-electron chi connectivity index (χ4n) is 19.5. The molecule has 12 rings (SSSR count). The van der Waals surface area contributed by atoms with Crippen molar-refractivity contribution in [3.63, 3.8) is 0 Å². The summed E-state index contributed by atoms with van der Waals surface area (Å²) in [5.41, 5.74) is 6.32. The topological polar surface area (TPSA) is 0 Å². The summed E-state index contributed by atoms with van der Waals surface area (Å²) in [6, 6.07) is 0. The Kier molecular flexibility index (Phi) is 26.6. The van der Waals surface area contributed by atoms with Crippen molar-refractivity contribution in [2.24, 2.45) is 102 Å². The van der Waals surface area contributed by atoms with Crippen LogP contribution >= 0.6 is 0 Å². The van der Waals surface area contributed by atoms with E-state index in [9.17, 15) is 0 Å². The Balaban J connectivity index is 0.000000207. The first kappa shape index (κ1) is 66.5. The van der Waals surface area contributed by atoms with Gasteiger partial charge in [-0.05, 0) is 262 Å². The third-order valence-corrected chi connectivity index (χ3v) is 23.7. The molecule has 0 N–H and O–H groups in total. The monoisotopic (exact) mass is 1100 g/mol. The molecule has 0 aromatic heterocycles. The van der Waals surface area contributed by atoms with Crippen molar-refractivity contribution >= 4 is 0 Å². The summed E-state index contributed by atoms with van der Waals surface area (Å²) >= 11 is 0. The van der Waals surface area contributed by atoms with Crippen LogP contribution in [-0.2, 0) is 0 Å². The van der Waals surface area contributed by atoms with Crippen molar-refractivity contribution in [2.75, 3.05) is 0 Å². The molecule has 12 saturated carbocycles. The quantitative estimate of drug-likeness (QED) is 0.259. The lowest BCUT2D eigenvalue weighted by Gasteiger charge is -2.56. The Morgan fingerprint density at radius 1 is 0.392 bits per heavy atom. The molecule has 0 unspecified atom stereocenters. The largest absolute Gasteiger partial charge is 0.0651 e. The van der Waals surface area contributed by atoms with Crippen LogP contribution in [0.3, 0.4) is 0 Å². The zero-order valence-corrected chi connectivity index (χ0v) is 58.7. The van der Waals surface area contributed by atoms with E-state index in [-0.39, 0.29) is 11.8 Å². The van der Waals surface area contributed by atoms with Crippen LogP contribution in [0.25, 0.3) is 0 Å². The van der Waals surface area contributed by atoms with Gasteiger partial charge in [0.15, 0.2) is 0 Å². The highest BCUT2D eigenvalue weighted by Crippen LogP contribution is 2.62. The van der Waals surface area contributed by atoms with Crippen molar-refractivity contribution in [2.45, 2.75) is 402 Å². The van der Waals surface area contributed by atoms with Gasteiger partial charge in [-0.3, -0.25) is 0 Å². The molecule has 468 valence electrons. The van der Waals surface area contributed by atoms with Crippen molar-refractivity contribution in [1.82, 2.24) is 0 Å². The van der Waals surface area contributed by atoms with Gasteiger partial charge >= 0.3 is 0 Å². The maximum atomic E-state index is 7.05. The minimum absolute atomic E-state index is 0.132. The molecule has 0 radical (unpaired) electrons. The maximum absolute atomic E-state index is 7.05. The van der Waals surface area contributed by atoms with Crippen LogP contribution in [0.5, 0.6) is 0 Å². The summed E-state index contributed by atoms with van der Waals surface area (Å²) in [6.07, 6.45) is 58.5. The molecule has 4 bridgehead atoms. The molecule has 0 nitrogen and oxygen atoms in total. The Bertz CT molecular complexity index is 1640. The third kappa shape index (κ3) is 26.3. The SMILES string of the molecule is CC(C)(C)C.CC1CCC2(CC1)CC(C)(C)CC(C)(C)C2.CC1CCC2(CC1)CCC(C)(C)CC2.CC1CCC2(CCCC2)CC1.CC1CCC2(CCCCC2)CC1.CCC12CC3CC(CC(C3)C1)C2.[2H]C(C)(C)C.[2H]C([2H])(C)C(C)C. The Labute approximate surface area is 505 Å². The summed E-state index contributed by atoms with van der Waals surface area (Å²) in [5, 5.41) is 0. The van der Waals surface area contributed by atoms with Crippen molar-refractivity contribution in [3.05, 3.63) is 0 Å². The second-order valence-corrected chi connectivity index (χ2v) is 37.2. The van der Waals surface area contributed by atoms with Crippen LogP contribution in [0.1, 0.15) is 406 Å². The van der Waals surface area contributed by atoms with E-state index in [4.69, 9.17) is 4.11 Å². The van der Waals surface area contributed by atoms with E-state index in [1.807, 2.05) is 34.6 Å². The second-order valence-electron chi connectivity index (χ2n) is 37.2. The lowest BCUT2D eigenvalue weighted by molar-refractivity contribution is -0.0545. The van der Waals surface area contributed by atoms with Gasteiger partial charge in [0, 0.05) is 4.11 Å². The van der Waals surface area contributed by atoms with Crippen molar-refractivity contribution in [1.29, 1.82) is 0 Å². The second kappa shape index (κ2) is 31.6. The molecule has 0 amide bonds. The van der Waals surface area contributed by atoms with Crippen LogP contribution < -0.4 is 0 Å². The van der Waals surface area contributed by atoms with E-state index in [0.29, 0.717) is 27.1 Å². The standard InChI is InChI=1S/C16H30.C14H26.C12H20.C12H22.C11H20.2C5H12.C4H10/c1-13-6-8-16(9-7-13)11-14(2,3)10-15(4,5)12-16;1-12-4-6-14(7-5-12)10-8-13(2,3)9-11-14;1-2-12-6-9-3-10(7-12)5-11(4-9)8-12;1-11-5-9-12(10-6-11)7-3-2-4-8-12;1-10-4-8-11(9-5-10)6-2-3-7-11;1-5(2,3)4;1-4-5(2)3;1-4(2)3/h13H,6-12H2,1-5H3;12H,4-11H2,1-3H3;9-11H,2-8H2,1H3;11H,2-10H2,1H3;10H,2-9H2,1H3;1-4H3;5H,4H2,1-3H3;4H,1-3H3/i;;;;;;4D2;4D. The number of hydrogen-bond donors (Lipinski definition) is 0. The molecule has 0 aromatic rings. The highest BCUT2D eigenvalue weighted by atomic mass is 14.6. The fourth-order valence-corrected chi connectivity index (χ4v) is 19.5. The lowest BCUT2D eigenvalue weighted by Crippen LogP contribution is -2.45. The minimum atomic E-state index is -1.00. The molecule has 12 fully saturated rings. The Hall–Kier alpha value is 0. The van der Waals surface area contributed by atoms with Crippen LogP contribution in [-0.4, -0.2) is 0 Å². The molecule has 0 aromatic carbocycles. The van der Waals surface area contributed by atoms with Crippen LogP contribution in [0.15, 0.2) is 0 Å². The van der Waals surface area contributed by atoms with Crippen molar-refractivity contribution in [3.8, 4) is 0 Å². The van der Waals surface area contributed by atoms with Gasteiger partial charge in [0.1, 0.15) is 0 Å². The lowest BCUT2D eigenvalue weighted by atomic mass is 9.49. The van der Waals surface area contributed by atoms with E-state index in [1.54, 1.807) is 96.8 Å². The smallest absolute Gasteiger partial charge is 0.0294 e. The molecule has 4 spiro atoms. The zero-order valence-electron chi connectivity index (χ0n) is 61.7.